The SMILES string of the molecule is CCN1C[C@]2(COC)CC[C@H](O)[C@@]34[C@@H]5C[C@H]6[C@H](OC(C)=O)[C@@H]5[C@](OC(C)=O)(C[C@@H]6OC)[C@@H]([C@H](OC)[C@@H]23)[C@@H]14. The lowest BCUT2D eigenvalue weighted by Gasteiger charge is -2.69. The van der Waals surface area contributed by atoms with Crippen molar-refractivity contribution in [1.29, 1.82) is 0 Å². The van der Waals surface area contributed by atoms with E-state index in [1.54, 1.807) is 21.3 Å². The molecule has 9 heteroatoms. The van der Waals surface area contributed by atoms with E-state index in [-0.39, 0.29) is 65.2 Å². The molecule has 5 saturated carbocycles. The molecule has 1 aliphatic heterocycles. The highest BCUT2D eigenvalue weighted by Gasteiger charge is 2.87. The number of piperidine rings is 1. The van der Waals surface area contributed by atoms with Crippen molar-refractivity contribution >= 4 is 11.9 Å². The van der Waals surface area contributed by atoms with Gasteiger partial charge in [-0.1, -0.05) is 6.92 Å². The number of rotatable bonds is 7. The van der Waals surface area contributed by atoms with E-state index in [9.17, 15) is 14.7 Å². The van der Waals surface area contributed by atoms with E-state index in [4.69, 9.17) is 23.7 Å². The Morgan fingerprint density at radius 1 is 1.05 bits per heavy atom. The summed E-state index contributed by atoms with van der Waals surface area (Å²) in [6.45, 7) is 7.38. The Bertz CT molecular complexity index is 960. The summed E-state index contributed by atoms with van der Waals surface area (Å²) in [5, 5.41) is 12.1. The third-order valence-corrected chi connectivity index (χ3v) is 11.7. The van der Waals surface area contributed by atoms with Gasteiger partial charge < -0.3 is 28.8 Å². The van der Waals surface area contributed by atoms with E-state index < -0.39 is 23.2 Å². The van der Waals surface area contributed by atoms with Crippen molar-refractivity contribution in [2.45, 2.75) is 82.5 Å². The first-order valence-corrected chi connectivity index (χ1v) is 14.0. The molecule has 7 bridgehead atoms. The van der Waals surface area contributed by atoms with E-state index in [0.717, 1.165) is 25.9 Å². The maximum absolute atomic E-state index is 12.9. The monoisotopic (exact) mass is 521 g/mol. The molecule has 0 aromatic rings. The quantitative estimate of drug-likeness (QED) is 0.501. The normalized spacial score (nSPS) is 53.2. The van der Waals surface area contributed by atoms with Crippen LogP contribution in [0.5, 0.6) is 0 Å². The molecule has 6 aliphatic rings. The summed E-state index contributed by atoms with van der Waals surface area (Å²) in [7, 11) is 5.22. The van der Waals surface area contributed by atoms with Crippen molar-refractivity contribution in [2.24, 2.45) is 40.4 Å². The Kier molecular flexibility index (Phi) is 6.05. The van der Waals surface area contributed by atoms with Crippen LogP contribution in [0.2, 0.25) is 0 Å². The fourth-order valence-electron chi connectivity index (χ4n) is 11.4. The molecule has 9 nitrogen and oxygen atoms in total. The predicted octanol–water partition coefficient (Wildman–Crippen LogP) is 1.64. The Hall–Kier alpha value is -1.26. The minimum atomic E-state index is -0.922. The van der Waals surface area contributed by atoms with E-state index in [0.29, 0.717) is 19.4 Å². The molecule has 37 heavy (non-hydrogen) atoms. The number of aliphatic hydroxyl groups excluding tert-OH is 1. The van der Waals surface area contributed by atoms with Gasteiger partial charge in [-0.3, -0.25) is 14.5 Å². The van der Waals surface area contributed by atoms with Crippen LogP contribution in [-0.4, -0.2) is 99.0 Å². The zero-order chi connectivity index (χ0) is 26.5. The van der Waals surface area contributed by atoms with Crippen LogP contribution in [0.4, 0.5) is 0 Å². The van der Waals surface area contributed by atoms with Crippen LogP contribution < -0.4 is 0 Å². The number of methoxy groups -OCH3 is 3. The molecular formula is C28H43NO8. The zero-order valence-electron chi connectivity index (χ0n) is 23.0. The fraction of sp³-hybridized carbons (Fsp3) is 0.929. The summed E-state index contributed by atoms with van der Waals surface area (Å²) in [5.74, 6) is -1.05. The highest BCUT2D eigenvalue weighted by Crippen LogP contribution is 2.80. The number of ether oxygens (including phenoxy) is 5. The molecule has 0 amide bonds. The molecule has 13 atom stereocenters. The summed E-state index contributed by atoms with van der Waals surface area (Å²) in [4.78, 5) is 27.8. The first kappa shape index (κ1) is 26.0. The van der Waals surface area contributed by atoms with Crippen molar-refractivity contribution in [3.8, 4) is 0 Å². The van der Waals surface area contributed by atoms with Crippen molar-refractivity contribution in [3.63, 3.8) is 0 Å². The van der Waals surface area contributed by atoms with Gasteiger partial charge in [0.25, 0.3) is 0 Å². The van der Waals surface area contributed by atoms with Crippen molar-refractivity contribution in [3.05, 3.63) is 0 Å². The summed E-state index contributed by atoms with van der Waals surface area (Å²) in [5.41, 5.74) is -1.57. The van der Waals surface area contributed by atoms with Gasteiger partial charge in [-0.2, -0.15) is 0 Å². The summed E-state index contributed by atoms with van der Waals surface area (Å²) in [6.07, 6.45) is 1.46. The van der Waals surface area contributed by atoms with Crippen molar-refractivity contribution in [1.82, 2.24) is 4.90 Å². The number of nitrogens with zero attached hydrogens (tertiary/aromatic N) is 1. The third kappa shape index (κ3) is 2.98. The number of carbonyl (C=O) groups excluding carboxylic acids is 2. The van der Waals surface area contributed by atoms with Gasteiger partial charge in [0.15, 0.2) is 0 Å². The number of esters is 2. The minimum absolute atomic E-state index is 0.00590. The predicted molar refractivity (Wildman–Crippen MR) is 131 cm³/mol. The average Bonchev–Trinajstić information content (AvgIpc) is 3.27. The number of hydrogen-bond acceptors (Lipinski definition) is 9. The molecule has 6 rings (SSSR count). The molecule has 1 N–H and O–H groups in total. The Morgan fingerprint density at radius 3 is 2.41 bits per heavy atom. The van der Waals surface area contributed by atoms with Crippen LogP contribution in [0.15, 0.2) is 0 Å². The minimum Gasteiger partial charge on any atom is -0.462 e. The first-order chi connectivity index (χ1) is 17.7. The second-order valence-electron chi connectivity index (χ2n) is 12.7. The molecule has 0 aromatic heterocycles. The molecule has 1 spiro atoms. The molecule has 1 heterocycles. The summed E-state index contributed by atoms with van der Waals surface area (Å²) >= 11 is 0. The average molecular weight is 522 g/mol. The van der Waals surface area contributed by atoms with Gasteiger partial charge in [0, 0.05) is 88.7 Å². The highest BCUT2D eigenvalue weighted by molar-refractivity contribution is 5.68. The molecule has 0 unspecified atom stereocenters. The lowest BCUT2D eigenvalue weighted by atomic mass is 9.43. The van der Waals surface area contributed by atoms with Gasteiger partial charge in [-0.15, -0.1) is 0 Å². The Morgan fingerprint density at radius 2 is 1.81 bits per heavy atom. The van der Waals surface area contributed by atoms with Crippen LogP contribution in [0.3, 0.4) is 0 Å². The van der Waals surface area contributed by atoms with Crippen LogP contribution >= 0.6 is 0 Å². The molecule has 6 fully saturated rings. The first-order valence-electron chi connectivity index (χ1n) is 14.0. The van der Waals surface area contributed by atoms with Crippen molar-refractivity contribution < 1.29 is 38.4 Å². The van der Waals surface area contributed by atoms with Gasteiger partial charge >= 0.3 is 11.9 Å². The van der Waals surface area contributed by atoms with E-state index >= 15 is 0 Å². The van der Waals surface area contributed by atoms with Gasteiger partial charge in [0.05, 0.1) is 24.9 Å². The number of fused-ring (bicyclic) bond motifs is 2. The van der Waals surface area contributed by atoms with E-state index in [1.807, 2.05) is 0 Å². The molecule has 1 saturated heterocycles. The maximum Gasteiger partial charge on any atom is 0.303 e. The van der Waals surface area contributed by atoms with Gasteiger partial charge in [0.1, 0.15) is 11.7 Å². The highest BCUT2D eigenvalue weighted by atomic mass is 16.6. The number of aliphatic hydroxyl groups is 1. The maximum atomic E-state index is 12.9. The molecule has 0 radical (unpaired) electrons. The molecular weight excluding hydrogens is 478 g/mol. The van der Waals surface area contributed by atoms with Crippen molar-refractivity contribution in [2.75, 3.05) is 41.0 Å². The summed E-state index contributed by atoms with van der Waals surface area (Å²) < 4.78 is 31.0. The lowest BCUT2D eigenvalue weighted by Crippen LogP contribution is -2.76. The Balaban J connectivity index is 1.65. The number of carbonyl (C=O) groups is 2. The van der Waals surface area contributed by atoms with Gasteiger partial charge in [0.2, 0.25) is 0 Å². The van der Waals surface area contributed by atoms with E-state index in [1.165, 1.54) is 13.8 Å². The van der Waals surface area contributed by atoms with Crippen LogP contribution in [0.1, 0.15) is 46.5 Å². The number of likely N-dealkylation sites (tertiary alicyclic amines) is 1. The summed E-state index contributed by atoms with van der Waals surface area (Å²) in [6, 6.07) is -0.0133. The fourth-order valence-corrected chi connectivity index (χ4v) is 11.4. The topological polar surface area (TPSA) is 104 Å². The number of hydrogen-bond donors (Lipinski definition) is 1. The zero-order valence-corrected chi connectivity index (χ0v) is 23.0. The Labute approximate surface area is 219 Å². The van der Waals surface area contributed by atoms with E-state index in [2.05, 4.69) is 11.8 Å². The standard InChI is InChI=1S/C28H43NO8/c1-7-29-12-26(13-33-4)9-8-19(32)28-17-10-16-18(34-5)11-27(37-15(3)31,20(17)22(16)36-14(2)30)21(25(28)29)23(35-6)24(26)28/h16-25,32H,7-13H2,1-6H3/t16-,17-,18+,19+,20-,21+,22+,23+,24+,25-,26+,27-,28+/m1/s1. The largest absolute Gasteiger partial charge is 0.462 e. The van der Waals surface area contributed by atoms with Crippen LogP contribution in [0.25, 0.3) is 0 Å². The van der Waals surface area contributed by atoms with Gasteiger partial charge in [-0.25, -0.2) is 0 Å². The van der Waals surface area contributed by atoms with Gasteiger partial charge in [-0.05, 0) is 31.7 Å². The second-order valence-corrected chi connectivity index (χ2v) is 12.7. The molecule has 208 valence electrons. The lowest BCUT2D eigenvalue weighted by molar-refractivity contribution is -0.278. The second kappa shape index (κ2) is 8.62. The molecule has 5 aliphatic carbocycles. The van der Waals surface area contributed by atoms with Crippen LogP contribution in [-0.2, 0) is 33.3 Å². The van der Waals surface area contributed by atoms with Crippen LogP contribution in [0, 0.1) is 40.4 Å². The third-order valence-electron chi connectivity index (χ3n) is 11.7. The molecule has 0 aromatic carbocycles. The smallest absolute Gasteiger partial charge is 0.303 e.